The van der Waals surface area contributed by atoms with Gasteiger partial charge in [0, 0.05) is 11.1 Å². The molecule has 0 saturated heterocycles. The molecule has 82 valence electrons. The Morgan fingerprint density at radius 2 is 2.27 bits per heavy atom. The van der Waals surface area contributed by atoms with Crippen LogP contribution in [0.15, 0.2) is 29.8 Å². The topological polar surface area (TPSA) is 35.2 Å². The Morgan fingerprint density at radius 1 is 1.60 bits per heavy atom. The summed E-state index contributed by atoms with van der Waals surface area (Å²) in [6, 6.07) is 5.94. The molecule has 15 heavy (non-hydrogen) atoms. The first-order chi connectivity index (χ1) is 7.00. The molecule has 1 atom stereocenters. The van der Waals surface area contributed by atoms with Gasteiger partial charge in [0.05, 0.1) is 0 Å². The van der Waals surface area contributed by atoms with Crippen molar-refractivity contribution >= 4 is 11.6 Å². The summed E-state index contributed by atoms with van der Waals surface area (Å²) in [6.45, 7) is 7.84. The second kappa shape index (κ2) is 5.19. The molecule has 3 heteroatoms. The standard InChI is InChI=1S/C12H16ClNO/c1-8-6-11(10(3)14)4-5-12(8)15-7-9(2)13/h4-6,10H,2,7,14H2,1,3H3. The van der Waals surface area contributed by atoms with Crippen LogP contribution in [0.3, 0.4) is 0 Å². The summed E-state index contributed by atoms with van der Waals surface area (Å²) in [5.41, 5.74) is 7.94. The van der Waals surface area contributed by atoms with Crippen molar-refractivity contribution < 1.29 is 4.74 Å². The van der Waals surface area contributed by atoms with E-state index < -0.39 is 0 Å². The van der Waals surface area contributed by atoms with E-state index >= 15 is 0 Å². The lowest BCUT2D eigenvalue weighted by atomic mass is 10.1. The molecule has 1 unspecified atom stereocenters. The largest absolute Gasteiger partial charge is 0.488 e. The molecule has 0 saturated carbocycles. The van der Waals surface area contributed by atoms with Gasteiger partial charge in [0.15, 0.2) is 0 Å². The molecule has 0 aliphatic rings. The van der Waals surface area contributed by atoms with E-state index in [1.54, 1.807) is 0 Å². The molecule has 1 rings (SSSR count). The SMILES string of the molecule is C=C(Cl)COc1ccc(C(C)N)cc1C. The van der Waals surface area contributed by atoms with Crippen molar-refractivity contribution in [3.8, 4) is 5.75 Å². The van der Waals surface area contributed by atoms with Crippen molar-refractivity contribution in [2.24, 2.45) is 5.73 Å². The monoisotopic (exact) mass is 225 g/mol. The van der Waals surface area contributed by atoms with Gasteiger partial charge >= 0.3 is 0 Å². The summed E-state index contributed by atoms with van der Waals surface area (Å²) in [6.07, 6.45) is 0. The highest BCUT2D eigenvalue weighted by atomic mass is 35.5. The average Bonchev–Trinajstić information content (AvgIpc) is 2.15. The fourth-order valence-corrected chi connectivity index (χ4v) is 1.33. The number of rotatable bonds is 4. The number of aryl methyl sites for hydroxylation is 1. The predicted molar refractivity (Wildman–Crippen MR) is 64.3 cm³/mol. The number of hydrogen-bond donors (Lipinski definition) is 1. The van der Waals surface area contributed by atoms with Crippen molar-refractivity contribution in [3.63, 3.8) is 0 Å². The maximum absolute atomic E-state index is 5.78. The first-order valence-electron chi connectivity index (χ1n) is 4.83. The van der Waals surface area contributed by atoms with Gasteiger partial charge in [0.1, 0.15) is 12.4 Å². The first-order valence-corrected chi connectivity index (χ1v) is 5.20. The highest BCUT2D eigenvalue weighted by molar-refractivity contribution is 6.29. The van der Waals surface area contributed by atoms with Gasteiger partial charge in [0.2, 0.25) is 0 Å². The van der Waals surface area contributed by atoms with Crippen LogP contribution < -0.4 is 10.5 Å². The maximum Gasteiger partial charge on any atom is 0.123 e. The number of halogens is 1. The first kappa shape index (κ1) is 12.1. The number of benzene rings is 1. The molecule has 0 fully saturated rings. The Kier molecular flexibility index (Phi) is 4.18. The zero-order valence-corrected chi connectivity index (χ0v) is 9.84. The quantitative estimate of drug-likeness (QED) is 0.855. The van der Waals surface area contributed by atoms with Crippen molar-refractivity contribution in [2.45, 2.75) is 19.9 Å². The number of ether oxygens (including phenoxy) is 1. The van der Waals surface area contributed by atoms with E-state index in [2.05, 4.69) is 6.58 Å². The lowest BCUT2D eigenvalue weighted by molar-refractivity contribution is 0.357. The molecule has 2 N–H and O–H groups in total. The molecule has 0 radical (unpaired) electrons. The maximum atomic E-state index is 5.78. The van der Waals surface area contributed by atoms with E-state index in [1.807, 2.05) is 32.0 Å². The minimum atomic E-state index is 0.0424. The van der Waals surface area contributed by atoms with Crippen LogP contribution in [0.1, 0.15) is 24.1 Å². The molecule has 0 bridgehead atoms. The van der Waals surface area contributed by atoms with Gasteiger partial charge in [-0.05, 0) is 31.0 Å². The lowest BCUT2D eigenvalue weighted by Gasteiger charge is -2.11. The summed E-state index contributed by atoms with van der Waals surface area (Å²) >= 11 is 5.62. The third-order valence-electron chi connectivity index (χ3n) is 2.11. The van der Waals surface area contributed by atoms with Crippen LogP contribution in [-0.4, -0.2) is 6.61 Å². The van der Waals surface area contributed by atoms with Gasteiger partial charge in [-0.1, -0.05) is 30.3 Å². The predicted octanol–water partition coefficient (Wildman–Crippen LogP) is 3.15. The van der Waals surface area contributed by atoms with Crippen LogP contribution in [0.2, 0.25) is 0 Å². The molecular weight excluding hydrogens is 210 g/mol. The summed E-state index contributed by atoms with van der Waals surface area (Å²) in [5, 5.41) is 0.491. The van der Waals surface area contributed by atoms with E-state index in [4.69, 9.17) is 22.1 Å². The van der Waals surface area contributed by atoms with Gasteiger partial charge in [-0.2, -0.15) is 0 Å². The Morgan fingerprint density at radius 3 is 2.73 bits per heavy atom. The van der Waals surface area contributed by atoms with Gasteiger partial charge in [-0.15, -0.1) is 0 Å². The van der Waals surface area contributed by atoms with E-state index in [0.717, 1.165) is 16.9 Å². The van der Waals surface area contributed by atoms with E-state index in [-0.39, 0.29) is 6.04 Å². The minimum absolute atomic E-state index is 0.0424. The van der Waals surface area contributed by atoms with Gasteiger partial charge in [0.25, 0.3) is 0 Å². The Bertz CT molecular complexity index is 361. The lowest BCUT2D eigenvalue weighted by Crippen LogP contribution is -2.06. The Hall–Kier alpha value is -0.990. The Balaban J connectivity index is 2.79. The third-order valence-corrected chi connectivity index (χ3v) is 2.22. The van der Waals surface area contributed by atoms with Crippen molar-refractivity contribution in [3.05, 3.63) is 40.9 Å². The fraction of sp³-hybridized carbons (Fsp3) is 0.333. The highest BCUT2D eigenvalue weighted by Crippen LogP contribution is 2.22. The van der Waals surface area contributed by atoms with Gasteiger partial charge in [-0.25, -0.2) is 0 Å². The van der Waals surface area contributed by atoms with E-state index in [9.17, 15) is 0 Å². The van der Waals surface area contributed by atoms with Crippen molar-refractivity contribution in [1.29, 1.82) is 0 Å². The Labute approximate surface area is 95.7 Å². The third kappa shape index (κ3) is 3.57. The molecular formula is C12H16ClNO. The van der Waals surface area contributed by atoms with E-state index in [1.165, 1.54) is 0 Å². The van der Waals surface area contributed by atoms with Crippen molar-refractivity contribution in [1.82, 2.24) is 0 Å². The summed E-state index contributed by atoms with van der Waals surface area (Å²) in [7, 11) is 0. The van der Waals surface area contributed by atoms with Crippen LogP contribution in [0.4, 0.5) is 0 Å². The van der Waals surface area contributed by atoms with E-state index in [0.29, 0.717) is 11.6 Å². The highest BCUT2D eigenvalue weighted by Gasteiger charge is 2.04. The minimum Gasteiger partial charge on any atom is -0.488 e. The van der Waals surface area contributed by atoms with Gasteiger partial charge < -0.3 is 10.5 Å². The zero-order valence-electron chi connectivity index (χ0n) is 9.09. The van der Waals surface area contributed by atoms with Crippen LogP contribution >= 0.6 is 11.6 Å². The molecule has 0 spiro atoms. The number of nitrogens with two attached hydrogens (primary N) is 1. The smallest absolute Gasteiger partial charge is 0.123 e. The number of hydrogen-bond acceptors (Lipinski definition) is 2. The molecule has 1 aromatic carbocycles. The average molecular weight is 226 g/mol. The second-order valence-electron chi connectivity index (χ2n) is 3.62. The van der Waals surface area contributed by atoms with Crippen LogP contribution in [0.25, 0.3) is 0 Å². The van der Waals surface area contributed by atoms with Crippen molar-refractivity contribution in [2.75, 3.05) is 6.61 Å². The zero-order chi connectivity index (χ0) is 11.4. The molecule has 0 aliphatic carbocycles. The molecule has 1 aromatic rings. The fourth-order valence-electron chi connectivity index (χ4n) is 1.27. The molecule has 0 aliphatic heterocycles. The second-order valence-corrected chi connectivity index (χ2v) is 4.15. The summed E-state index contributed by atoms with van der Waals surface area (Å²) < 4.78 is 5.46. The molecule has 0 amide bonds. The van der Waals surface area contributed by atoms with Gasteiger partial charge in [-0.3, -0.25) is 0 Å². The van der Waals surface area contributed by atoms with Crippen LogP contribution in [0.5, 0.6) is 5.75 Å². The van der Waals surface area contributed by atoms with Crippen LogP contribution in [0, 0.1) is 6.92 Å². The molecule has 0 aromatic heterocycles. The summed E-state index contributed by atoms with van der Waals surface area (Å²) in [4.78, 5) is 0. The molecule has 2 nitrogen and oxygen atoms in total. The molecule has 0 heterocycles. The summed E-state index contributed by atoms with van der Waals surface area (Å²) in [5.74, 6) is 0.821. The normalized spacial score (nSPS) is 12.3. The van der Waals surface area contributed by atoms with Crippen LogP contribution in [-0.2, 0) is 0 Å².